The Balaban J connectivity index is 2.46. The van der Waals surface area contributed by atoms with Crippen molar-refractivity contribution in [3.05, 3.63) is 63.7 Å². The molecule has 2 rings (SSSR count). The number of sulfonamides is 1. The Hall–Kier alpha value is -3.47. The molecule has 0 heterocycles. The minimum atomic E-state index is -3.97. The molecule has 10 nitrogen and oxygen atoms in total. The summed E-state index contributed by atoms with van der Waals surface area (Å²) in [5.41, 5.74) is 0.728. The van der Waals surface area contributed by atoms with E-state index < -0.39 is 32.9 Å². The average Bonchev–Trinajstić information content (AvgIpc) is 2.71. The SMILES string of the molecule is CCC(C(=O)Nc1cccc(C(=O)OC)c1C)N(c1cccc([N+](=O)[O-])c1)S(C)(=O)=O. The van der Waals surface area contributed by atoms with Gasteiger partial charge in [0.2, 0.25) is 15.9 Å². The highest BCUT2D eigenvalue weighted by molar-refractivity contribution is 7.92. The number of rotatable bonds is 8. The molecule has 0 fully saturated rings. The van der Waals surface area contributed by atoms with Gasteiger partial charge in [-0.15, -0.1) is 0 Å². The van der Waals surface area contributed by atoms with Gasteiger partial charge in [-0.1, -0.05) is 19.1 Å². The molecule has 1 unspecified atom stereocenters. The third-order valence-electron chi connectivity index (χ3n) is 4.62. The van der Waals surface area contributed by atoms with Crippen LogP contribution in [0.1, 0.15) is 29.3 Å². The molecule has 0 saturated heterocycles. The maximum absolute atomic E-state index is 13.1. The van der Waals surface area contributed by atoms with Crippen molar-refractivity contribution in [1.29, 1.82) is 0 Å². The first-order valence-corrected chi connectivity index (χ1v) is 11.1. The first-order chi connectivity index (χ1) is 14.5. The van der Waals surface area contributed by atoms with Gasteiger partial charge in [0.1, 0.15) is 6.04 Å². The molecule has 1 atom stereocenters. The fourth-order valence-corrected chi connectivity index (χ4v) is 4.33. The highest BCUT2D eigenvalue weighted by Gasteiger charge is 2.32. The van der Waals surface area contributed by atoms with E-state index in [1.54, 1.807) is 32.0 Å². The first-order valence-electron chi connectivity index (χ1n) is 9.23. The van der Waals surface area contributed by atoms with E-state index in [0.717, 1.165) is 16.6 Å². The summed E-state index contributed by atoms with van der Waals surface area (Å²) in [5.74, 6) is -1.22. The molecule has 11 heteroatoms. The van der Waals surface area contributed by atoms with Crippen LogP contribution in [0.3, 0.4) is 0 Å². The summed E-state index contributed by atoms with van der Waals surface area (Å²) >= 11 is 0. The van der Waals surface area contributed by atoms with Gasteiger partial charge in [-0.05, 0) is 37.1 Å². The summed E-state index contributed by atoms with van der Waals surface area (Å²) in [6.07, 6.45) is 1.02. The van der Waals surface area contributed by atoms with Gasteiger partial charge in [0.25, 0.3) is 5.69 Å². The number of anilines is 2. The van der Waals surface area contributed by atoms with E-state index in [4.69, 9.17) is 4.74 Å². The van der Waals surface area contributed by atoms with Crippen molar-refractivity contribution in [2.45, 2.75) is 26.3 Å². The number of nitro benzene ring substituents is 1. The molecule has 0 aromatic heterocycles. The predicted octanol–water partition coefficient (Wildman–Crippen LogP) is 2.87. The lowest BCUT2D eigenvalue weighted by molar-refractivity contribution is -0.384. The topological polar surface area (TPSA) is 136 Å². The van der Waals surface area contributed by atoms with Crippen LogP contribution >= 0.6 is 0 Å². The number of amides is 1. The fourth-order valence-electron chi connectivity index (χ4n) is 3.12. The Labute approximate surface area is 180 Å². The van der Waals surface area contributed by atoms with E-state index in [1.165, 1.54) is 25.3 Å². The zero-order valence-electron chi connectivity index (χ0n) is 17.5. The van der Waals surface area contributed by atoms with Crippen LogP contribution in [0.25, 0.3) is 0 Å². The molecule has 31 heavy (non-hydrogen) atoms. The van der Waals surface area contributed by atoms with Crippen molar-refractivity contribution in [2.75, 3.05) is 23.0 Å². The lowest BCUT2D eigenvalue weighted by Crippen LogP contribution is -2.47. The Bertz CT molecular complexity index is 1120. The first kappa shape index (κ1) is 23.8. The van der Waals surface area contributed by atoms with Crippen molar-refractivity contribution < 1.29 is 27.7 Å². The third-order valence-corrected chi connectivity index (χ3v) is 5.80. The lowest BCUT2D eigenvalue weighted by Gasteiger charge is -2.30. The Morgan fingerprint density at radius 1 is 1.23 bits per heavy atom. The van der Waals surface area contributed by atoms with Gasteiger partial charge in [0.15, 0.2) is 0 Å². The van der Waals surface area contributed by atoms with Crippen molar-refractivity contribution in [2.24, 2.45) is 0 Å². The minimum absolute atomic E-state index is 0.00117. The molecule has 0 spiro atoms. The van der Waals surface area contributed by atoms with E-state index in [1.807, 2.05) is 0 Å². The lowest BCUT2D eigenvalue weighted by atomic mass is 10.1. The van der Waals surface area contributed by atoms with E-state index in [2.05, 4.69) is 5.32 Å². The smallest absolute Gasteiger partial charge is 0.338 e. The summed E-state index contributed by atoms with van der Waals surface area (Å²) in [6, 6.07) is 8.55. The van der Waals surface area contributed by atoms with Gasteiger partial charge in [0, 0.05) is 17.8 Å². The second kappa shape index (κ2) is 9.56. The monoisotopic (exact) mass is 449 g/mol. The number of non-ortho nitro benzene ring substituents is 1. The van der Waals surface area contributed by atoms with Crippen LogP contribution in [-0.4, -0.2) is 44.6 Å². The number of methoxy groups -OCH3 is 1. The summed E-state index contributed by atoms with van der Waals surface area (Å²) in [6.45, 7) is 3.25. The van der Waals surface area contributed by atoms with Crippen LogP contribution in [0.2, 0.25) is 0 Å². The zero-order chi connectivity index (χ0) is 23.3. The van der Waals surface area contributed by atoms with Crippen LogP contribution in [-0.2, 0) is 19.6 Å². The third kappa shape index (κ3) is 5.37. The Morgan fingerprint density at radius 2 is 1.87 bits per heavy atom. The number of esters is 1. The normalized spacial score (nSPS) is 12.0. The molecule has 0 saturated carbocycles. The van der Waals surface area contributed by atoms with Crippen LogP contribution in [0.4, 0.5) is 17.1 Å². The predicted molar refractivity (Wildman–Crippen MR) is 116 cm³/mol. The number of ether oxygens (including phenoxy) is 1. The number of carbonyl (C=O) groups excluding carboxylic acids is 2. The Morgan fingerprint density at radius 3 is 2.42 bits per heavy atom. The maximum Gasteiger partial charge on any atom is 0.338 e. The number of hydrogen-bond acceptors (Lipinski definition) is 7. The number of benzene rings is 2. The number of nitrogens with one attached hydrogen (secondary N) is 1. The van der Waals surface area contributed by atoms with E-state index >= 15 is 0 Å². The molecule has 0 aliphatic heterocycles. The van der Waals surface area contributed by atoms with Gasteiger partial charge >= 0.3 is 5.97 Å². The van der Waals surface area contributed by atoms with Crippen molar-refractivity contribution >= 4 is 39.0 Å². The van der Waals surface area contributed by atoms with Gasteiger partial charge in [-0.3, -0.25) is 19.2 Å². The quantitative estimate of drug-likeness (QED) is 0.372. The van der Waals surface area contributed by atoms with Gasteiger partial charge in [0.05, 0.1) is 29.5 Å². The highest BCUT2D eigenvalue weighted by Crippen LogP contribution is 2.27. The molecule has 1 amide bonds. The standard InChI is InChI=1S/C20H23N3O7S/c1-5-18(19(24)21-17-11-7-10-16(13(17)2)20(25)30-3)22(31(4,28)29)14-8-6-9-15(12-14)23(26)27/h6-12,18H,5H2,1-4H3,(H,21,24). The molecular weight excluding hydrogens is 426 g/mol. The molecule has 0 aliphatic rings. The largest absolute Gasteiger partial charge is 0.465 e. The molecule has 0 bridgehead atoms. The summed E-state index contributed by atoms with van der Waals surface area (Å²) in [4.78, 5) is 35.4. The van der Waals surface area contributed by atoms with Gasteiger partial charge in [-0.25, -0.2) is 13.2 Å². The van der Waals surface area contributed by atoms with Crippen LogP contribution in [0.15, 0.2) is 42.5 Å². The molecular formula is C20H23N3O7S. The van der Waals surface area contributed by atoms with Crippen LogP contribution < -0.4 is 9.62 Å². The van der Waals surface area contributed by atoms with E-state index in [9.17, 15) is 28.1 Å². The van der Waals surface area contributed by atoms with Crippen molar-refractivity contribution in [3.8, 4) is 0 Å². The van der Waals surface area contributed by atoms with Crippen LogP contribution in [0, 0.1) is 17.0 Å². The molecule has 1 N–H and O–H groups in total. The van der Waals surface area contributed by atoms with Gasteiger partial charge in [-0.2, -0.15) is 0 Å². The summed E-state index contributed by atoms with van der Waals surface area (Å²) in [5, 5.41) is 13.8. The van der Waals surface area contributed by atoms with Crippen molar-refractivity contribution in [3.63, 3.8) is 0 Å². The van der Waals surface area contributed by atoms with E-state index in [-0.39, 0.29) is 23.4 Å². The van der Waals surface area contributed by atoms with Gasteiger partial charge < -0.3 is 10.1 Å². The zero-order valence-corrected chi connectivity index (χ0v) is 18.3. The van der Waals surface area contributed by atoms with Crippen molar-refractivity contribution in [1.82, 2.24) is 0 Å². The fraction of sp³-hybridized carbons (Fsp3) is 0.300. The average molecular weight is 449 g/mol. The molecule has 166 valence electrons. The minimum Gasteiger partial charge on any atom is -0.465 e. The molecule has 0 aliphatic carbocycles. The number of nitro groups is 1. The highest BCUT2D eigenvalue weighted by atomic mass is 32.2. The summed E-state index contributed by atoms with van der Waals surface area (Å²) < 4.78 is 30.6. The second-order valence-corrected chi connectivity index (χ2v) is 8.58. The van der Waals surface area contributed by atoms with Crippen LogP contribution in [0.5, 0.6) is 0 Å². The maximum atomic E-state index is 13.1. The molecule has 2 aromatic carbocycles. The number of nitrogens with zero attached hydrogens (tertiary/aromatic N) is 2. The second-order valence-electron chi connectivity index (χ2n) is 6.72. The number of carbonyl (C=O) groups is 2. The Kier molecular flexibility index (Phi) is 7.34. The number of hydrogen-bond donors (Lipinski definition) is 1. The molecule has 0 radical (unpaired) electrons. The summed E-state index contributed by atoms with van der Waals surface area (Å²) in [7, 11) is -2.73. The molecule has 2 aromatic rings. The van der Waals surface area contributed by atoms with E-state index in [0.29, 0.717) is 11.3 Å².